The standard InChI is InChI=1S/C13H18N2O2/c1-9(2)15-13(17)8-14-12-6-4-5-11(7-12)10(3)16/h4-7,9,14H,8H2,1-3H3,(H,15,17). The van der Waals surface area contributed by atoms with Gasteiger partial charge >= 0.3 is 0 Å². The molecular formula is C13H18N2O2. The Morgan fingerprint density at radius 3 is 2.59 bits per heavy atom. The summed E-state index contributed by atoms with van der Waals surface area (Å²) in [6.45, 7) is 5.55. The summed E-state index contributed by atoms with van der Waals surface area (Å²) < 4.78 is 0. The summed E-state index contributed by atoms with van der Waals surface area (Å²) in [7, 11) is 0. The van der Waals surface area contributed by atoms with Gasteiger partial charge in [-0.1, -0.05) is 12.1 Å². The molecule has 0 heterocycles. The van der Waals surface area contributed by atoms with Crippen molar-refractivity contribution in [2.45, 2.75) is 26.8 Å². The summed E-state index contributed by atoms with van der Waals surface area (Å²) >= 11 is 0. The van der Waals surface area contributed by atoms with Gasteiger partial charge < -0.3 is 10.6 Å². The van der Waals surface area contributed by atoms with Gasteiger partial charge in [-0.15, -0.1) is 0 Å². The second-order valence-electron chi connectivity index (χ2n) is 4.21. The Morgan fingerprint density at radius 1 is 1.29 bits per heavy atom. The average Bonchev–Trinajstić information content (AvgIpc) is 2.26. The monoisotopic (exact) mass is 234 g/mol. The predicted octanol–water partition coefficient (Wildman–Crippen LogP) is 1.83. The van der Waals surface area contributed by atoms with Gasteiger partial charge in [0.05, 0.1) is 6.54 Å². The molecule has 1 aromatic rings. The quantitative estimate of drug-likeness (QED) is 0.764. The van der Waals surface area contributed by atoms with E-state index in [0.29, 0.717) is 5.56 Å². The highest BCUT2D eigenvalue weighted by atomic mass is 16.2. The van der Waals surface area contributed by atoms with Gasteiger partial charge in [-0.2, -0.15) is 0 Å². The van der Waals surface area contributed by atoms with Crippen LogP contribution in [0.15, 0.2) is 24.3 Å². The SMILES string of the molecule is CC(=O)c1cccc(NCC(=O)NC(C)C)c1. The van der Waals surface area contributed by atoms with Crippen LogP contribution in [0.3, 0.4) is 0 Å². The van der Waals surface area contributed by atoms with Gasteiger partial charge in [0.15, 0.2) is 5.78 Å². The fraction of sp³-hybridized carbons (Fsp3) is 0.385. The van der Waals surface area contributed by atoms with Crippen LogP contribution in [0.2, 0.25) is 0 Å². The van der Waals surface area contributed by atoms with E-state index >= 15 is 0 Å². The molecule has 0 saturated heterocycles. The smallest absolute Gasteiger partial charge is 0.239 e. The van der Waals surface area contributed by atoms with E-state index in [0.717, 1.165) is 5.69 Å². The number of nitrogens with one attached hydrogen (secondary N) is 2. The summed E-state index contributed by atoms with van der Waals surface area (Å²) in [5.41, 5.74) is 1.41. The van der Waals surface area contributed by atoms with Gasteiger partial charge in [-0.3, -0.25) is 9.59 Å². The Kier molecular flexibility index (Phi) is 4.69. The molecule has 0 unspecified atom stereocenters. The molecule has 0 aliphatic rings. The van der Waals surface area contributed by atoms with E-state index in [4.69, 9.17) is 0 Å². The van der Waals surface area contributed by atoms with Crippen molar-refractivity contribution < 1.29 is 9.59 Å². The molecule has 17 heavy (non-hydrogen) atoms. The molecule has 4 nitrogen and oxygen atoms in total. The summed E-state index contributed by atoms with van der Waals surface area (Å²) in [4.78, 5) is 22.6. The molecule has 1 aromatic carbocycles. The fourth-order valence-corrected chi connectivity index (χ4v) is 1.40. The highest BCUT2D eigenvalue weighted by molar-refractivity contribution is 5.95. The number of rotatable bonds is 5. The zero-order valence-electron chi connectivity index (χ0n) is 10.4. The Bertz CT molecular complexity index is 414. The van der Waals surface area contributed by atoms with Crippen molar-refractivity contribution in [3.8, 4) is 0 Å². The van der Waals surface area contributed by atoms with E-state index < -0.39 is 0 Å². The van der Waals surface area contributed by atoms with Gasteiger partial charge in [0.2, 0.25) is 5.91 Å². The number of anilines is 1. The summed E-state index contributed by atoms with van der Waals surface area (Å²) in [5.74, 6) is -0.0477. The number of carbonyl (C=O) groups excluding carboxylic acids is 2. The average molecular weight is 234 g/mol. The molecule has 92 valence electrons. The molecule has 0 saturated carbocycles. The van der Waals surface area contributed by atoms with Crippen molar-refractivity contribution in [1.82, 2.24) is 5.32 Å². The number of hydrogen-bond acceptors (Lipinski definition) is 3. The van der Waals surface area contributed by atoms with Crippen LogP contribution < -0.4 is 10.6 Å². The number of ketones is 1. The summed E-state index contributed by atoms with van der Waals surface area (Å²) in [6, 6.07) is 7.24. The lowest BCUT2D eigenvalue weighted by atomic mass is 10.1. The maximum atomic E-state index is 11.4. The van der Waals surface area contributed by atoms with Crippen LogP contribution in [0.5, 0.6) is 0 Å². The molecule has 1 amide bonds. The Labute approximate surface area is 101 Å². The molecular weight excluding hydrogens is 216 g/mol. The lowest BCUT2D eigenvalue weighted by Gasteiger charge is -2.10. The van der Waals surface area contributed by atoms with Crippen molar-refractivity contribution in [2.24, 2.45) is 0 Å². The van der Waals surface area contributed by atoms with Crippen LogP contribution in [-0.2, 0) is 4.79 Å². The number of hydrogen-bond donors (Lipinski definition) is 2. The molecule has 1 rings (SSSR count). The number of carbonyl (C=O) groups is 2. The Balaban J connectivity index is 2.54. The third-order valence-electron chi connectivity index (χ3n) is 2.17. The normalized spacial score (nSPS) is 10.1. The van der Waals surface area contributed by atoms with E-state index in [-0.39, 0.29) is 24.3 Å². The summed E-state index contributed by atoms with van der Waals surface area (Å²) in [5, 5.41) is 5.76. The minimum atomic E-state index is -0.0618. The van der Waals surface area contributed by atoms with E-state index in [9.17, 15) is 9.59 Å². The van der Waals surface area contributed by atoms with E-state index in [1.807, 2.05) is 19.9 Å². The van der Waals surface area contributed by atoms with Crippen LogP contribution in [0.1, 0.15) is 31.1 Å². The highest BCUT2D eigenvalue weighted by Gasteiger charge is 2.04. The van der Waals surface area contributed by atoms with Gasteiger partial charge in [-0.05, 0) is 32.9 Å². The Hall–Kier alpha value is -1.84. The third kappa shape index (κ3) is 4.68. The molecule has 0 radical (unpaired) electrons. The zero-order valence-corrected chi connectivity index (χ0v) is 10.4. The maximum absolute atomic E-state index is 11.4. The van der Waals surface area contributed by atoms with E-state index in [1.54, 1.807) is 18.2 Å². The number of benzene rings is 1. The Morgan fingerprint density at radius 2 is 2.00 bits per heavy atom. The van der Waals surface area contributed by atoms with Crippen molar-refractivity contribution in [1.29, 1.82) is 0 Å². The maximum Gasteiger partial charge on any atom is 0.239 e. The first-order valence-corrected chi connectivity index (χ1v) is 5.63. The molecule has 0 atom stereocenters. The summed E-state index contributed by atoms with van der Waals surface area (Å²) in [6.07, 6.45) is 0. The van der Waals surface area contributed by atoms with Crippen molar-refractivity contribution in [2.75, 3.05) is 11.9 Å². The van der Waals surface area contributed by atoms with Gasteiger partial charge in [0.25, 0.3) is 0 Å². The first-order chi connectivity index (χ1) is 7.99. The van der Waals surface area contributed by atoms with E-state index in [1.165, 1.54) is 6.92 Å². The van der Waals surface area contributed by atoms with E-state index in [2.05, 4.69) is 10.6 Å². The minimum Gasteiger partial charge on any atom is -0.376 e. The first-order valence-electron chi connectivity index (χ1n) is 5.63. The van der Waals surface area contributed by atoms with Gasteiger partial charge in [-0.25, -0.2) is 0 Å². The lowest BCUT2D eigenvalue weighted by Crippen LogP contribution is -2.34. The van der Waals surface area contributed by atoms with Crippen molar-refractivity contribution in [3.63, 3.8) is 0 Å². The molecule has 0 spiro atoms. The van der Waals surface area contributed by atoms with Gasteiger partial charge in [0, 0.05) is 17.3 Å². The molecule has 2 N–H and O–H groups in total. The second kappa shape index (κ2) is 6.03. The minimum absolute atomic E-state index is 0.0141. The predicted molar refractivity (Wildman–Crippen MR) is 68.2 cm³/mol. The fourth-order valence-electron chi connectivity index (χ4n) is 1.40. The second-order valence-corrected chi connectivity index (χ2v) is 4.21. The first kappa shape index (κ1) is 13.2. The largest absolute Gasteiger partial charge is 0.376 e. The topological polar surface area (TPSA) is 58.2 Å². The molecule has 0 fully saturated rings. The highest BCUT2D eigenvalue weighted by Crippen LogP contribution is 2.10. The van der Waals surface area contributed by atoms with Crippen LogP contribution in [0.4, 0.5) is 5.69 Å². The lowest BCUT2D eigenvalue weighted by molar-refractivity contribution is -0.119. The van der Waals surface area contributed by atoms with Crippen molar-refractivity contribution >= 4 is 17.4 Å². The number of Topliss-reactive ketones (excluding diaryl/α,β-unsaturated/α-hetero) is 1. The molecule has 4 heteroatoms. The number of amides is 1. The third-order valence-corrected chi connectivity index (χ3v) is 2.17. The van der Waals surface area contributed by atoms with Crippen LogP contribution in [0, 0.1) is 0 Å². The molecule has 0 aliphatic heterocycles. The van der Waals surface area contributed by atoms with Crippen LogP contribution >= 0.6 is 0 Å². The van der Waals surface area contributed by atoms with Crippen LogP contribution in [0.25, 0.3) is 0 Å². The van der Waals surface area contributed by atoms with Gasteiger partial charge in [0.1, 0.15) is 0 Å². The zero-order chi connectivity index (χ0) is 12.8. The molecule has 0 aliphatic carbocycles. The molecule has 0 aromatic heterocycles. The van der Waals surface area contributed by atoms with Crippen molar-refractivity contribution in [3.05, 3.63) is 29.8 Å². The molecule has 0 bridgehead atoms. The van der Waals surface area contributed by atoms with Crippen LogP contribution in [-0.4, -0.2) is 24.3 Å².